The van der Waals surface area contributed by atoms with E-state index in [4.69, 9.17) is 14.2 Å². The summed E-state index contributed by atoms with van der Waals surface area (Å²) in [6.07, 6.45) is 5.69. The van der Waals surface area contributed by atoms with Crippen molar-refractivity contribution in [3.8, 4) is 17.4 Å². The van der Waals surface area contributed by atoms with Crippen molar-refractivity contribution < 1.29 is 14.2 Å². The van der Waals surface area contributed by atoms with Crippen molar-refractivity contribution in [1.82, 2.24) is 40.3 Å². The van der Waals surface area contributed by atoms with Crippen molar-refractivity contribution >= 4 is 0 Å². The third-order valence-corrected chi connectivity index (χ3v) is 5.90. The Labute approximate surface area is 172 Å². The lowest BCUT2D eigenvalue weighted by molar-refractivity contribution is 0.0611. The van der Waals surface area contributed by atoms with Crippen molar-refractivity contribution in [3.63, 3.8) is 0 Å². The maximum absolute atomic E-state index is 6.07. The van der Waals surface area contributed by atoms with Gasteiger partial charge in [0.15, 0.2) is 0 Å². The first-order valence-corrected chi connectivity index (χ1v) is 10.2. The number of nitrogens with zero attached hydrogens (tertiary/aromatic N) is 7. The van der Waals surface area contributed by atoms with E-state index in [1.807, 2.05) is 24.3 Å². The molecule has 4 unspecified atom stereocenters. The molecule has 4 heterocycles. The minimum atomic E-state index is -0.123. The lowest BCUT2D eigenvalue weighted by Crippen LogP contribution is -2.41. The average Bonchev–Trinajstić information content (AvgIpc) is 3.21. The van der Waals surface area contributed by atoms with Crippen LogP contribution >= 0.6 is 0 Å². The van der Waals surface area contributed by atoms with Crippen molar-refractivity contribution in [2.45, 2.75) is 37.1 Å². The topological polar surface area (TPSA) is 114 Å². The Balaban J connectivity index is 1.15. The fourth-order valence-corrected chi connectivity index (χ4v) is 4.08. The van der Waals surface area contributed by atoms with Gasteiger partial charge in [-0.25, -0.2) is 9.67 Å². The first kappa shape index (κ1) is 17.9. The highest BCUT2D eigenvalue weighted by molar-refractivity contribution is 5.37. The molecule has 3 aliphatic rings. The molecule has 2 saturated heterocycles. The molecule has 2 aromatic heterocycles. The summed E-state index contributed by atoms with van der Waals surface area (Å²) in [5.74, 6) is 1.44. The van der Waals surface area contributed by atoms with Crippen LogP contribution in [0.4, 0.5) is 0 Å². The predicted molar refractivity (Wildman–Crippen MR) is 102 cm³/mol. The van der Waals surface area contributed by atoms with Crippen LogP contribution in [0.1, 0.15) is 18.9 Å². The number of hydrogen-bond acceptors (Lipinski definition) is 9. The van der Waals surface area contributed by atoms with Gasteiger partial charge in [-0.1, -0.05) is 5.10 Å². The van der Waals surface area contributed by atoms with Gasteiger partial charge in [-0.2, -0.15) is 9.78 Å². The van der Waals surface area contributed by atoms with Gasteiger partial charge >= 0.3 is 6.01 Å². The zero-order chi connectivity index (χ0) is 19.9. The van der Waals surface area contributed by atoms with Crippen LogP contribution in [-0.2, 0) is 9.47 Å². The number of ether oxygens (including phenoxy) is 3. The molecule has 3 fully saturated rings. The summed E-state index contributed by atoms with van der Waals surface area (Å²) in [5.41, 5.74) is 0.885. The zero-order valence-corrected chi connectivity index (χ0v) is 16.2. The number of rotatable bonds is 7. The van der Waals surface area contributed by atoms with Crippen molar-refractivity contribution in [1.29, 1.82) is 0 Å². The highest BCUT2D eigenvalue weighted by atomic mass is 16.6. The fraction of sp³-hybridized carbons (Fsp3) is 0.526. The van der Waals surface area contributed by atoms with Crippen LogP contribution in [0, 0.1) is 5.92 Å². The fourth-order valence-electron chi connectivity index (χ4n) is 4.08. The zero-order valence-electron chi connectivity index (χ0n) is 16.2. The Hall–Kier alpha value is -2.89. The molecule has 0 spiro atoms. The summed E-state index contributed by atoms with van der Waals surface area (Å²) in [4.78, 5) is 3.95. The Morgan fingerprint density at radius 3 is 2.77 bits per heavy atom. The molecule has 0 amide bonds. The van der Waals surface area contributed by atoms with Gasteiger partial charge in [0.1, 0.15) is 36.7 Å². The van der Waals surface area contributed by atoms with Gasteiger partial charge in [0, 0.05) is 0 Å². The summed E-state index contributed by atoms with van der Waals surface area (Å²) in [7, 11) is 0. The van der Waals surface area contributed by atoms with Crippen LogP contribution in [0.25, 0.3) is 5.69 Å². The highest BCUT2D eigenvalue weighted by Gasteiger charge is 2.49. The van der Waals surface area contributed by atoms with Crippen LogP contribution in [0.2, 0.25) is 0 Å². The quantitative estimate of drug-likeness (QED) is 0.603. The van der Waals surface area contributed by atoms with E-state index in [-0.39, 0.29) is 24.3 Å². The van der Waals surface area contributed by atoms with Crippen molar-refractivity contribution in [2.75, 3.05) is 19.8 Å². The van der Waals surface area contributed by atoms with Crippen molar-refractivity contribution in [3.05, 3.63) is 36.9 Å². The van der Waals surface area contributed by atoms with Gasteiger partial charge in [-0.05, 0) is 60.0 Å². The predicted octanol–water partition coefficient (Wildman–Crippen LogP) is 0.753. The summed E-state index contributed by atoms with van der Waals surface area (Å²) >= 11 is 0. The van der Waals surface area contributed by atoms with Crippen LogP contribution in [0.3, 0.4) is 0 Å². The van der Waals surface area contributed by atoms with Crippen LogP contribution in [-0.4, -0.2) is 73.0 Å². The molecule has 156 valence electrons. The maximum Gasteiger partial charge on any atom is 0.341 e. The molecule has 30 heavy (non-hydrogen) atoms. The third-order valence-electron chi connectivity index (χ3n) is 5.90. The Kier molecular flexibility index (Phi) is 4.43. The first-order valence-electron chi connectivity index (χ1n) is 10.2. The molecular formula is C19H22N8O3. The largest absolute Gasteiger partial charge is 0.423 e. The number of benzene rings is 1. The summed E-state index contributed by atoms with van der Waals surface area (Å²) < 4.78 is 21.4. The molecule has 11 nitrogen and oxygen atoms in total. The smallest absolute Gasteiger partial charge is 0.341 e. The van der Waals surface area contributed by atoms with Gasteiger partial charge in [-0.15, -0.1) is 0 Å². The molecule has 1 aromatic carbocycles. The average molecular weight is 410 g/mol. The van der Waals surface area contributed by atoms with Gasteiger partial charge in [-0.3, -0.25) is 0 Å². The molecule has 6 rings (SSSR count). The Bertz CT molecular complexity index is 988. The number of nitrogens with one attached hydrogen (secondary N) is 1. The second-order valence-corrected chi connectivity index (χ2v) is 7.96. The minimum absolute atomic E-state index is 0.00719. The van der Waals surface area contributed by atoms with E-state index in [1.54, 1.807) is 15.7 Å². The van der Waals surface area contributed by atoms with Gasteiger partial charge in [0.2, 0.25) is 0 Å². The van der Waals surface area contributed by atoms with E-state index in [2.05, 4.69) is 30.9 Å². The molecule has 0 bridgehead atoms. The second-order valence-electron chi connectivity index (χ2n) is 7.96. The van der Waals surface area contributed by atoms with E-state index < -0.39 is 0 Å². The lowest BCUT2D eigenvalue weighted by Gasteiger charge is -2.18. The van der Waals surface area contributed by atoms with E-state index in [9.17, 15) is 0 Å². The summed E-state index contributed by atoms with van der Waals surface area (Å²) in [6.45, 7) is 2.17. The molecule has 1 saturated carbocycles. The molecule has 3 aromatic rings. The van der Waals surface area contributed by atoms with Crippen LogP contribution in [0.15, 0.2) is 36.9 Å². The number of aromatic nitrogens is 7. The standard InChI is InChI=1S/C19H22N8O3/c1-2-12(1)7-21-15-8-28-18-16(9-29-17(15)18)27-19(23-24-25-27)30-14-5-3-13(4-6-14)26-11-20-10-22-26/h3-6,10-12,15-18,21H,1-2,7-9H2. The molecule has 1 N–H and O–H groups in total. The Morgan fingerprint density at radius 2 is 1.97 bits per heavy atom. The van der Waals surface area contributed by atoms with Gasteiger partial charge in [0.25, 0.3) is 0 Å². The lowest BCUT2D eigenvalue weighted by atomic mass is 10.1. The maximum atomic E-state index is 6.07. The summed E-state index contributed by atoms with van der Waals surface area (Å²) in [5, 5.41) is 19.7. The second kappa shape index (κ2) is 7.42. The SMILES string of the molecule is c1ncn(-c2ccc(Oc3nnnn3C3COC4C(NCC5CC5)COC43)cc2)n1. The normalized spacial score (nSPS) is 28.0. The molecule has 4 atom stereocenters. The Morgan fingerprint density at radius 1 is 1.10 bits per heavy atom. The van der Waals surface area contributed by atoms with E-state index >= 15 is 0 Å². The summed E-state index contributed by atoms with van der Waals surface area (Å²) in [6, 6.07) is 7.87. The highest BCUT2D eigenvalue weighted by Crippen LogP contribution is 2.36. The molecule has 0 radical (unpaired) electrons. The first-order chi connectivity index (χ1) is 14.8. The number of tetrazole rings is 1. The molecule has 1 aliphatic carbocycles. The van der Waals surface area contributed by atoms with E-state index in [1.165, 1.54) is 19.2 Å². The van der Waals surface area contributed by atoms with E-state index in [0.29, 0.717) is 25.0 Å². The van der Waals surface area contributed by atoms with Gasteiger partial charge in [0.05, 0.1) is 24.9 Å². The van der Waals surface area contributed by atoms with Crippen LogP contribution < -0.4 is 10.1 Å². The van der Waals surface area contributed by atoms with E-state index in [0.717, 1.165) is 18.2 Å². The number of hydrogen-bond donors (Lipinski definition) is 1. The number of fused-ring (bicyclic) bond motifs is 1. The molecular weight excluding hydrogens is 388 g/mol. The monoisotopic (exact) mass is 410 g/mol. The van der Waals surface area contributed by atoms with Crippen LogP contribution in [0.5, 0.6) is 11.8 Å². The minimum Gasteiger partial charge on any atom is -0.423 e. The van der Waals surface area contributed by atoms with Crippen molar-refractivity contribution in [2.24, 2.45) is 5.92 Å². The molecule has 2 aliphatic heterocycles. The van der Waals surface area contributed by atoms with Gasteiger partial charge < -0.3 is 19.5 Å². The molecule has 11 heteroatoms. The third kappa shape index (κ3) is 3.34.